The average molecular weight is 458 g/mol. The normalized spacial score (nSPS) is 22.0. The van der Waals surface area contributed by atoms with Crippen molar-refractivity contribution in [1.29, 1.82) is 0 Å². The first-order valence-electron chi connectivity index (χ1n) is 7.59. The van der Waals surface area contributed by atoms with Gasteiger partial charge in [-0.2, -0.15) is 4.31 Å². The van der Waals surface area contributed by atoms with Gasteiger partial charge in [0.2, 0.25) is 0 Å². The zero-order chi connectivity index (χ0) is 21.0. The van der Waals surface area contributed by atoms with Crippen LogP contribution in [-0.2, 0) is 14.8 Å². The van der Waals surface area contributed by atoms with E-state index in [0.29, 0.717) is 17.0 Å². The standard InChI is InChI=1S/C14H11Cl2F2N3O6S/c15-5-28(26,27)21(14(24)25)9-3-10(8(18)2-7(9)16)20-12(22)11-1-6(17)4-19(11)13(20)23/h2-3,6,11H,1,4-5H2,(H,24,25). The Morgan fingerprint density at radius 1 is 1.36 bits per heavy atom. The minimum absolute atomic E-state index is 0.186. The fraction of sp³-hybridized carbons (Fsp3) is 0.357. The Labute approximate surface area is 167 Å². The van der Waals surface area contributed by atoms with Crippen LogP contribution in [0.25, 0.3) is 0 Å². The average Bonchev–Trinajstić information content (AvgIpc) is 3.08. The Kier molecular flexibility index (Phi) is 5.15. The topological polar surface area (TPSA) is 115 Å². The number of imide groups is 1. The number of fused-ring (bicyclic) bond motifs is 1. The van der Waals surface area contributed by atoms with Gasteiger partial charge in [0.1, 0.15) is 23.2 Å². The first kappa shape index (κ1) is 20.6. The molecule has 2 heterocycles. The summed E-state index contributed by atoms with van der Waals surface area (Å²) in [7, 11) is -4.59. The molecule has 2 saturated heterocycles. The van der Waals surface area contributed by atoms with Crippen molar-refractivity contribution in [2.45, 2.75) is 18.6 Å². The maximum Gasteiger partial charge on any atom is 0.425 e. The van der Waals surface area contributed by atoms with Gasteiger partial charge < -0.3 is 10.0 Å². The highest BCUT2D eigenvalue weighted by Crippen LogP contribution is 2.39. The number of nitrogens with zero attached hydrogens (tertiary/aromatic N) is 3. The van der Waals surface area contributed by atoms with Gasteiger partial charge in [-0.3, -0.25) is 4.79 Å². The maximum atomic E-state index is 14.5. The molecule has 0 radical (unpaired) electrons. The Morgan fingerprint density at radius 3 is 2.54 bits per heavy atom. The van der Waals surface area contributed by atoms with Crippen molar-refractivity contribution in [3.05, 3.63) is 23.0 Å². The summed E-state index contributed by atoms with van der Waals surface area (Å²) >= 11 is 11.1. The van der Waals surface area contributed by atoms with Crippen LogP contribution in [0.3, 0.4) is 0 Å². The van der Waals surface area contributed by atoms with Gasteiger partial charge >= 0.3 is 12.1 Å². The molecule has 0 saturated carbocycles. The molecule has 28 heavy (non-hydrogen) atoms. The molecule has 4 amide bonds. The van der Waals surface area contributed by atoms with E-state index in [9.17, 15) is 36.7 Å². The third-order valence-electron chi connectivity index (χ3n) is 4.26. The number of rotatable bonds is 4. The van der Waals surface area contributed by atoms with E-state index in [4.69, 9.17) is 23.2 Å². The number of amides is 4. The number of hydrogen-bond acceptors (Lipinski definition) is 5. The van der Waals surface area contributed by atoms with E-state index in [1.54, 1.807) is 0 Å². The van der Waals surface area contributed by atoms with Crippen LogP contribution in [0.5, 0.6) is 0 Å². The number of sulfonamides is 1. The van der Waals surface area contributed by atoms with Crippen molar-refractivity contribution in [2.24, 2.45) is 0 Å². The molecule has 2 aliphatic rings. The smallest absolute Gasteiger partial charge is 0.425 e. The summed E-state index contributed by atoms with van der Waals surface area (Å²) < 4.78 is 51.7. The van der Waals surface area contributed by atoms with Crippen molar-refractivity contribution in [3.8, 4) is 0 Å². The number of halogens is 4. The van der Waals surface area contributed by atoms with Gasteiger partial charge in [0.15, 0.2) is 0 Å². The molecule has 0 aliphatic carbocycles. The van der Waals surface area contributed by atoms with Gasteiger partial charge in [0.05, 0.1) is 22.9 Å². The molecule has 2 fully saturated rings. The van der Waals surface area contributed by atoms with Crippen LogP contribution in [0.15, 0.2) is 12.1 Å². The number of benzene rings is 1. The number of hydrogen-bond donors (Lipinski definition) is 1. The molecule has 14 heteroatoms. The van der Waals surface area contributed by atoms with E-state index in [1.807, 2.05) is 0 Å². The lowest BCUT2D eigenvalue weighted by molar-refractivity contribution is -0.119. The zero-order valence-corrected chi connectivity index (χ0v) is 16.0. The van der Waals surface area contributed by atoms with Crippen LogP contribution < -0.4 is 9.21 Å². The van der Waals surface area contributed by atoms with Gasteiger partial charge in [0, 0.05) is 6.42 Å². The number of carbonyl (C=O) groups excluding carboxylic acids is 2. The minimum atomic E-state index is -4.59. The van der Waals surface area contributed by atoms with E-state index in [0.717, 1.165) is 4.90 Å². The fourth-order valence-electron chi connectivity index (χ4n) is 3.10. The van der Waals surface area contributed by atoms with Crippen molar-refractivity contribution in [1.82, 2.24) is 4.90 Å². The number of urea groups is 1. The second-order valence-electron chi connectivity index (χ2n) is 5.98. The lowest BCUT2D eigenvalue weighted by atomic mass is 10.2. The Hall–Kier alpha value is -2.18. The molecule has 2 aliphatic heterocycles. The summed E-state index contributed by atoms with van der Waals surface area (Å²) in [6.07, 6.45) is -3.65. The number of carbonyl (C=O) groups is 3. The molecule has 3 rings (SSSR count). The van der Waals surface area contributed by atoms with Crippen molar-refractivity contribution in [2.75, 3.05) is 21.0 Å². The minimum Gasteiger partial charge on any atom is -0.464 e. The number of carboxylic acid groups (broad SMARTS) is 1. The molecule has 2 unspecified atom stereocenters. The SMILES string of the molecule is O=C1C2CC(F)CN2C(=O)N1c1cc(N(C(=O)O)S(=O)(=O)CCl)c(Cl)cc1F. The lowest BCUT2D eigenvalue weighted by Crippen LogP contribution is -2.38. The van der Waals surface area contributed by atoms with Gasteiger partial charge in [-0.15, -0.1) is 11.6 Å². The van der Waals surface area contributed by atoms with E-state index >= 15 is 0 Å². The van der Waals surface area contributed by atoms with Gasteiger partial charge in [-0.1, -0.05) is 11.6 Å². The molecular weight excluding hydrogens is 447 g/mol. The molecule has 1 aromatic carbocycles. The third-order valence-corrected chi connectivity index (χ3v) is 6.57. The lowest BCUT2D eigenvalue weighted by Gasteiger charge is -2.22. The molecule has 1 N–H and O–H groups in total. The van der Waals surface area contributed by atoms with E-state index in [2.05, 4.69) is 0 Å². The summed E-state index contributed by atoms with van der Waals surface area (Å²) in [4.78, 5) is 37.7. The molecule has 0 bridgehead atoms. The van der Waals surface area contributed by atoms with Crippen molar-refractivity contribution >= 4 is 62.6 Å². The molecular formula is C14H11Cl2F2N3O6S. The second-order valence-corrected chi connectivity index (χ2v) is 8.79. The predicted molar refractivity (Wildman–Crippen MR) is 94.4 cm³/mol. The summed E-state index contributed by atoms with van der Waals surface area (Å²) in [5.74, 6) is -2.10. The van der Waals surface area contributed by atoms with E-state index < -0.39 is 67.7 Å². The Bertz CT molecular complexity index is 968. The van der Waals surface area contributed by atoms with Gasteiger partial charge in [-0.25, -0.2) is 31.7 Å². The van der Waals surface area contributed by atoms with Crippen LogP contribution in [0.4, 0.5) is 29.7 Å². The second kappa shape index (κ2) is 7.01. The third kappa shape index (κ3) is 3.14. The van der Waals surface area contributed by atoms with Gasteiger partial charge in [0.25, 0.3) is 15.9 Å². The summed E-state index contributed by atoms with van der Waals surface area (Å²) in [5.41, 5.74) is -1.43. The quantitative estimate of drug-likeness (QED) is 0.547. The van der Waals surface area contributed by atoms with Crippen molar-refractivity contribution in [3.63, 3.8) is 0 Å². The van der Waals surface area contributed by atoms with Crippen LogP contribution >= 0.6 is 23.2 Å². The molecule has 152 valence electrons. The Balaban J connectivity index is 2.12. The van der Waals surface area contributed by atoms with Crippen LogP contribution in [-0.4, -0.2) is 60.4 Å². The molecule has 1 aromatic rings. The van der Waals surface area contributed by atoms with Crippen molar-refractivity contribution < 1.29 is 36.7 Å². The Morgan fingerprint density at radius 2 is 2.00 bits per heavy atom. The molecule has 9 nitrogen and oxygen atoms in total. The molecule has 2 atom stereocenters. The molecule has 0 spiro atoms. The highest BCUT2D eigenvalue weighted by molar-refractivity contribution is 7.94. The summed E-state index contributed by atoms with van der Waals surface area (Å²) in [6.45, 7) is -0.352. The monoisotopic (exact) mass is 457 g/mol. The van der Waals surface area contributed by atoms with E-state index in [-0.39, 0.29) is 17.3 Å². The fourth-order valence-corrected chi connectivity index (χ4v) is 4.46. The number of alkyl halides is 2. The first-order chi connectivity index (χ1) is 13.0. The van der Waals surface area contributed by atoms with Crippen LogP contribution in [0.2, 0.25) is 5.02 Å². The summed E-state index contributed by atoms with van der Waals surface area (Å²) in [5, 5.41) is 7.51. The number of anilines is 2. The van der Waals surface area contributed by atoms with Crippen LogP contribution in [0, 0.1) is 5.82 Å². The molecule has 0 aromatic heterocycles. The highest BCUT2D eigenvalue weighted by atomic mass is 35.5. The largest absolute Gasteiger partial charge is 0.464 e. The first-order valence-corrected chi connectivity index (χ1v) is 10.1. The zero-order valence-electron chi connectivity index (χ0n) is 13.7. The van der Waals surface area contributed by atoms with Crippen LogP contribution in [0.1, 0.15) is 6.42 Å². The maximum absolute atomic E-state index is 14.5. The van der Waals surface area contributed by atoms with Gasteiger partial charge in [-0.05, 0) is 12.1 Å². The van der Waals surface area contributed by atoms with E-state index in [1.165, 1.54) is 0 Å². The summed E-state index contributed by atoms with van der Waals surface area (Å²) in [6, 6.07) is -0.929. The highest BCUT2D eigenvalue weighted by Gasteiger charge is 2.52. The predicted octanol–water partition coefficient (Wildman–Crippen LogP) is 2.37.